The second-order valence-electron chi connectivity index (χ2n) is 6.83. The van der Waals surface area contributed by atoms with E-state index in [0.717, 1.165) is 24.2 Å². The van der Waals surface area contributed by atoms with Crippen LogP contribution in [0, 0.1) is 23.2 Å². The number of ether oxygens (including phenoxy) is 1. The first-order valence-corrected chi connectivity index (χ1v) is 7.85. The zero-order valence-corrected chi connectivity index (χ0v) is 11.3. The molecule has 4 aliphatic rings. The highest BCUT2D eigenvalue weighted by atomic mass is 16.5. The van der Waals surface area contributed by atoms with Gasteiger partial charge in [0.15, 0.2) is 0 Å². The Hall–Kier alpha value is -1.24. The molecule has 0 amide bonds. The molecule has 1 aromatic carbocycles. The van der Waals surface area contributed by atoms with E-state index in [4.69, 9.17) is 4.74 Å². The molecule has 1 heteroatoms. The van der Waals surface area contributed by atoms with Crippen LogP contribution < -0.4 is 4.74 Å². The van der Waals surface area contributed by atoms with Crippen LogP contribution >= 0.6 is 0 Å². The molecule has 0 N–H and O–H groups in total. The largest absolute Gasteiger partial charge is 0.492 e. The first-order valence-electron chi connectivity index (χ1n) is 7.85. The molecule has 0 bridgehead atoms. The zero-order valence-electron chi connectivity index (χ0n) is 11.3. The van der Waals surface area contributed by atoms with Crippen LogP contribution in [-0.2, 0) is 0 Å². The SMILES string of the molecule is C1=C2c3ccccc3OCC2[C@]23CCCCC[C@H]2[C@H]13. The van der Waals surface area contributed by atoms with Gasteiger partial charge in [-0.3, -0.25) is 0 Å². The first-order chi connectivity index (χ1) is 9.41. The van der Waals surface area contributed by atoms with Gasteiger partial charge in [-0.1, -0.05) is 43.5 Å². The Morgan fingerprint density at radius 1 is 1.11 bits per heavy atom. The van der Waals surface area contributed by atoms with E-state index in [-0.39, 0.29) is 0 Å². The summed E-state index contributed by atoms with van der Waals surface area (Å²) in [5.74, 6) is 3.66. The van der Waals surface area contributed by atoms with Crippen molar-refractivity contribution in [2.75, 3.05) is 6.61 Å². The maximum absolute atomic E-state index is 6.08. The van der Waals surface area contributed by atoms with Gasteiger partial charge in [-0.2, -0.15) is 0 Å². The third-order valence-electron chi connectivity index (χ3n) is 6.25. The topological polar surface area (TPSA) is 9.23 Å². The molecule has 1 heterocycles. The van der Waals surface area contributed by atoms with Crippen LogP contribution in [0.1, 0.15) is 37.7 Å². The highest BCUT2D eigenvalue weighted by Gasteiger charge is 2.70. The van der Waals surface area contributed by atoms with E-state index in [1.165, 1.54) is 37.7 Å². The molecule has 98 valence electrons. The van der Waals surface area contributed by atoms with Crippen LogP contribution in [-0.4, -0.2) is 6.61 Å². The van der Waals surface area contributed by atoms with Crippen molar-refractivity contribution in [1.29, 1.82) is 0 Å². The van der Waals surface area contributed by atoms with Gasteiger partial charge in [-0.15, -0.1) is 0 Å². The molecule has 4 atom stereocenters. The highest BCUT2D eigenvalue weighted by Crippen LogP contribution is 2.76. The van der Waals surface area contributed by atoms with E-state index in [1.54, 1.807) is 5.57 Å². The number of allylic oxidation sites excluding steroid dienone is 1. The second kappa shape index (κ2) is 3.45. The second-order valence-corrected chi connectivity index (χ2v) is 6.83. The van der Waals surface area contributed by atoms with Crippen LogP contribution in [0.2, 0.25) is 0 Å². The van der Waals surface area contributed by atoms with E-state index in [9.17, 15) is 0 Å². The Morgan fingerprint density at radius 2 is 2.05 bits per heavy atom. The minimum absolute atomic E-state index is 0.610. The Balaban J connectivity index is 1.60. The van der Waals surface area contributed by atoms with Gasteiger partial charge in [0, 0.05) is 11.5 Å². The number of hydrogen-bond acceptors (Lipinski definition) is 1. The van der Waals surface area contributed by atoms with Crippen LogP contribution in [0.15, 0.2) is 30.3 Å². The molecule has 1 aromatic rings. The van der Waals surface area contributed by atoms with E-state index >= 15 is 0 Å². The van der Waals surface area contributed by atoms with Gasteiger partial charge in [0.1, 0.15) is 5.75 Å². The Morgan fingerprint density at radius 3 is 3.05 bits per heavy atom. The van der Waals surface area contributed by atoms with E-state index < -0.39 is 0 Å². The van der Waals surface area contributed by atoms with E-state index in [1.807, 2.05) is 0 Å². The van der Waals surface area contributed by atoms with Crippen LogP contribution in [0.5, 0.6) is 5.75 Å². The quantitative estimate of drug-likeness (QED) is 0.669. The van der Waals surface area contributed by atoms with Gasteiger partial charge in [-0.25, -0.2) is 0 Å². The third kappa shape index (κ3) is 1.17. The van der Waals surface area contributed by atoms with Crippen molar-refractivity contribution in [3.63, 3.8) is 0 Å². The summed E-state index contributed by atoms with van der Waals surface area (Å²) in [6.07, 6.45) is 9.88. The number of fused-ring (bicyclic) bond motifs is 4. The summed E-state index contributed by atoms with van der Waals surface area (Å²) in [6.45, 7) is 0.926. The summed E-state index contributed by atoms with van der Waals surface area (Å²) in [5, 5.41) is 0. The predicted octanol–water partition coefficient (Wildman–Crippen LogP) is 4.29. The summed E-state index contributed by atoms with van der Waals surface area (Å²) < 4.78 is 6.08. The summed E-state index contributed by atoms with van der Waals surface area (Å²) in [4.78, 5) is 0. The average molecular weight is 252 g/mol. The normalized spacial score (nSPS) is 41.9. The minimum Gasteiger partial charge on any atom is -0.492 e. The molecule has 0 saturated heterocycles. The standard InChI is InChI=1S/C18H20O/c1-2-7-14-15-10-13-12-6-3-4-8-17(12)19-11-16(13)18(14,15)9-5-1/h3-4,6,8,10,14-16H,1-2,5,7,9,11H2/t14-,15-,16?,18+/m0/s1. The summed E-state index contributed by atoms with van der Waals surface area (Å²) in [5.41, 5.74) is 3.60. The maximum atomic E-state index is 6.08. The summed E-state index contributed by atoms with van der Waals surface area (Å²) >= 11 is 0. The van der Waals surface area contributed by atoms with Crippen LogP contribution in [0.4, 0.5) is 0 Å². The maximum Gasteiger partial charge on any atom is 0.126 e. The van der Waals surface area contributed by atoms with E-state index in [2.05, 4.69) is 30.3 Å². The number of para-hydroxylation sites is 1. The van der Waals surface area contributed by atoms with Crippen molar-refractivity contribution in [3.8, 4) is 5.75 Å². The van der Waals surface area contributed by atoms with Gasteiger partial charge in [0.05, 0.1) is 6.61 Å². The molecular formula is C18H20O. The molecule has 0 aromatic heterocycles. The van der Waals surface area contributed by atoms with Gasteiger partial charge in [0.25, 0.3) is 0 Å². The van der Waals surface area contributed by atoms with Gasteiger partial charge >= 0.3 is 0 Å². The van der Waals surface area contributed by atoms with Gasteiger partial charge < -0.3 is 4.74 Å². The first kappa shape index (κ1) is 10.5. The lowest BCUT2D eigenvalue weighted by atomic mass is 9.78. The Kier molecular flexibility index (Phi) is 1.91. The van der Waals surface area contributed by atoms with Crippen molar-refractivity contribution >= 4 is 5.57 Å². The smallest absolute Gasteiger partial charge is 0.126 e. The lowest BCUT2D eigenvalue weighted by molar-refractivity contribution is 0.193. The van der Waals surface area contributed by atoms with Gasteiger partial charge in [-0.05, 0) is 41.7 Å². The summed E-state index contributed by atoms with van der Waals surface area (Å²) in [7, 11) is 0. The van der Waals surface area contributed by atoms with Crippen LogP contribution in [0.3, 0.4) is 0 Å². The van der Waals surface area contributed by atoms with Crippen molar-refractivity contribution in [2.45, 2.75) is 32.1 Å². The molecule has 1 spiro atoms. The number of rotatable bonds is 0. The van der Waals surface area contributed by atoms with Crippen molar-refractivity contribution in [3.05, 3.63) is 35.9 Å². The minimum atomic E-state index is 0.610. The molecule has 1 nitrogen and oxygen atoms in total. The molecule has 1 unspecified atom stereocenters. The van der Waals surface area contributed by atoms with Gasteiger partial charge in [0.2, 0.25) is 0 Å². The molecule has 3 aliphatic carbocycles. The fourth-order valence-corrected chi connectivity index (χ4v) is 5.41. The zero-order chi connectivity index (χ0) is 12.4. The fourth-order valence-electron chi connectivity index (χ4n) is 5.41. The molecule has 0 radical (unpaired) electrons. The molecular weight excluding hydrogens is 232 g/mol. The van der Waals surface area contributed by atoms with Crippen molar-refractivity contribution in [2.24, 2.45) is 23.2 Å². The Labute approximate surface area is 114 Å². The average Bonchev–Trinajstić information content (AvgIpc) is 3.00. The number of benzene rings is 1. The molecule has 1 aliphatic heterocycles. The fraction of sp³-hybridized carbons (Fsp3) is 0.556. The van der Waals surface area contributed by atoms with Crippen molar-refractivity contribution in [1.82, 2.24) is 0 Å². The lowest BCUT2D eigenvalue weighted by Gasteiger charge is -2.32. The monoisotopic (exact) mass is 252 g/mol. The van der Waals surface area contributed by atoms with Crippen molar-refractivity contribution < 1.29 is 4.74 Å². The van der Waals surface area contributed by atoms with Crippen LogP contribution in [0.25, 0.3) is 5.57 Å². The molecule has 2 saturated carbocycles. The predicted molar refractivity (Wildman–Crippen MR) is 75.9 cm³/mol. The highest BCUT2D eigenvalue weighted by molar-refractivity contribution is 5.78. The molecule has 2 fully saturated rings. The molecule has 19 heavy (non-hydrogen) atoms. The number of hydrogen-bond donors (Lipinski definition) is 0. The third-order valence-corrected chi connectivity index (χ3v) is 6.25. The molecule has 5 rings (SSSR count). The summed E-state index contributed by atoms with van der Waals surface area (Å²) in [6, 6.07) is 8.61. The lowest BCUT2D eigenvalue weighted by Crippen LogP contribution is -2.28. The van der Waals surface area contributed by atoms with E-state index in [0.29, 0.717) is 11.3 Å². The Bertz CT molecular complexity index is 573.